The van der Waals surface area contributed by atoms with Gasteiger partial charge < -0.3 is 11.1 Å². The van der Waals surface area contributed by atoms with Crippen LogP contribution in [0.15, 0.2) is 24.3 Å². The maximum Gasteiger partial charge on any atom is 0.241 e. The molecular weight excluding hydrogens is 252 g/mol. The Morgan fingerprint density at radius 1 is 1.55 bits per heavy atom. The van der Waals surface area contributed by atoms with Gasteiger partial charge in [0.1, 0.15) is 0 Å². The van der Waals surface area contributed by atoms with Crippen LogP contribution in [0.5, 0.6) is 0 Å². The average Bonchev–Trinajstić information content (AvgIpc) is 3.26. The number of nitrogen functional groups attached to an aromatic ring is 1. The van der Waals surface area contributed by atoms with E-state index in [9.17, 15) is 4.79 Å². The van der Waals surface area contributed by atoms with Crippen LogP contribution in [-0.4, -0.2) is 29.4 Å². The second-order valence-electron chi connectivity index (χ2n) is 5.13. The smallest absolute Gasteiger partial charge is 0.241 e. The summed E-state index contributed by atoms with van der Waals surface area (Å²) >= 11 is 0. The molecule has 1 aromatic carbocycles. The molecule has 1 atom stereocenters. The standard InChI is InChI=1S/C15H20N4O/c1-11(19(10-4-9-16)12-7-8-12)15(20)18-14-6-3-2-5-13(14)17/h2-3,5-6,11-12H,4,7-8,10,17H2,1H3,(H,18,20). The molecule has 1 fully saturated rings. The molecule has 0 spiro atoms. The van der Waals surface area contributed by atoms with Gasteiger partial charge in [0.2, 0.25) is 5.91 Å². The van der Waals surface area contributed by atoms with Crippen LogP contribution in [-0.2, 0) is 4.79 Å². The summed E-state index contributed by atoms with van der Waals surface area (Å²) in [6, 6.07) is 9.54. The number of hydrogen-bond acceptors (Lipinski definition) is 4. The predicted molar refractivity (Wildman–Crippen MR) is 78.9 cm³/mol. The number of hydrogen-bond donors (Lipinski definition) is 2. The molecule has 1 saturated carbocycles. The summed E-state index contributed by atoms with van der Waals surface area (Å²) in [5.74, 6) is -0.0762. The molecule has 106 valence electrons. The molecule has 0 radical (unpaired) electrons. The number of nitrogens with two attached hydrogens (primary N) is 1. The number of nitrogens with one attached hydrogen (secondary N) is 1. The van der Waals surface area contributed by atoms with Gasteiger partial charge >= 0.3 is 0 Å². The molecule has 20 heavy (non-hydrogen) atoms. The normalized spacial score (nSPS) is 15.7. The number of nitrogens with zero attached hydrogens (tertiary/aromatic N) is 2. The molecule has 5 nitrogen and oxygen atoms in total. The Morgan fingerprint density at radius 3 is 2.85 bits per heavy atom. The van der Waals surface area contributed by atoms with Crippen molar-refractivity contribution in [1.29, 1.82) is 5.26 Å². The van der Waals surface area contributed by atoms with E-state index in [4.69, 9.17) is 11.0 Å². The van der Waals surface area contributed by atoms with Crippen molar-refractivity contribution in [2.24, 2.45) is 0 Å². The number of anilines is 2. The number of carbonyl (C=O) groups is 1. The highest BCUT2D eigenvalue weighted by Gasteiger charge is 2.34. The second-order valence-corrected chi connectivity index (χ2v) is 5.13. The summed E-state index contributed by atoms with van der Waals surface area (Å²) in [6.45, 7) is 2.52. The highest BCUT2D eigenvalue weighted by Crippen LogP contribution is 2.29. The van der Waals surface area contributed by atoms with Crippen LogP contribution < -0.4 is 11.1 Å². The summed E-state index contributed by atoms with van der Waals surface area (Å²) in [6.07, 6.45) is 2.66. The molecule has 5 heteroatoms. The zero-order valence-corrected chi connectivity index (χ0v) is 11.7. The molecule has 1 amide bonds. The Balaban J connectivity index is 2.00. The summed E-state index contributed by atoms with van der Waals surface area (Å²) in [5, 5.41) is 11.6. The fourth-order valence-corrected chi connectivity index (χ4v) is 2.28. The van der Waals surface area contributed by atoms with Crippen LogP contribution >= 0.6 is 0 Å². The fraction of sp³-hybridized carbons (Fsp3) is 0.467. The van der Waals surface area contributed by atoms with E-state index in [-0.39, 0.29) is 11.9 Å². The van der Waals surface area contributed by atoms with Crippen molar-refractivity contribution in [3.63, 3.8) is 0 Å². The Bertz CT molecular complexity index is 519. The third-order valence-electron chi connectivity index (χ3n) is 3.59. The Morgan fingerprint density at radius 2 is 2.25 bits per heavy atom. The lowest BCUT2D eigenvalue weighted by atomic mass is 10.2. The third kappa shape index (κ3) is 3.49. The zero-order valence-electron chi connectivity index (χ0n) is 11.7. The minimum Gasteiger partial charge on any atom is -0.397 e. The minimum absolute atomic E-state index is 0.0762. The van der Waals surface area contributed by atoms with E-state index in [1.807, 2.05) is 19.1 Å². The van der Waals surface area contributed by atoms with Crippen LogP contribution in [0.2, 0.25) is 0 Å². The lowest BCUT2D eigenvalue weighted by Gasteiger charge is -2.27. The van der Waals surface area contributed by atoms with Crippen LogP contribution in [0.4, 0.5) is 11.4 Å². The van der Waals surface area contributed by atoms with E-state index in [0.717, 1.165) is 12.8 Å². The topological polar surface area (TPSA) is 82.2 Å². The van der Waals surface area contributed by atoms with Gasteiger partial charge in [0.15, 0.2) is 0 Å². The van der Waals surface area contributed by atoms with Gasteiger partial charge in [-0.05, 0) is 31.9 Å². The minimum atomic E-state index is -0.254. The van der Waals surface area contributed by atoms with Crippen molar-refractivity contribution in [2.75, 3.05) is 17.6 Å². The molecule has 1 unspecified atom stereocenters. The number of nitriles is 1. The number of carbonyl (C=O) groups excluding carboxylic acids is 1. The Hall–Kier alpha value is -2.06. The first-order valence-corrected chi connectivity index (χ1v) is 6.91. The maximum atomic E-state index is 12.3. The average molecular weight is 272 g/mol. The van der Waals surface area contributed by atoms with E-state index in [0.29, 0.717) is 30.4 Å². The lowest BCUT2D eigenvalue weighted by molar-refractivity contribution is -0.121. The van der Waals surface area contributed by atoms with Gasteiger partial charge in [-0.1, -0.05) is 12.1 Å². The van der Waals surface area contributed by atoms with Crippen molar-refractivity contribution < 1.29 is 4.79 Å². The highest BCUT2D eigenvalue weighted by molar-refractivity contribution is 5.97. The largest absolute Gasteiger partial charge is 0.397 e. The van der Waals surface area contributed by atoms with Gasteiger partial charge in [0.25, 0.3) is 0 Å². The van der Waals surface area contributed by atoms with Crippen molar-refractivity contribution in [1.82, 2.24) is 4.90 Å². The molecule has 0 aliphatic heterocycles. The first kappa shape index (κ1) is 14.4. The number of amides is 1. The van der Waals surface area contributed by atoms with Crippen LogP contribution in [0.3, 0.4) is 0 Å². The molecule has 2 rings (SSSR count). The molecule has 1 aliphatic carbocycles. The maximum absolute atomic E-state index is 12.3. The van der Waals surface area contributed by atoms with Gasteiger partial charge in [0.05, 0.1) is 23.5 Å². The number of benzene rings is 1. The van der Waals surface area contributed by atoms with Gasteiger partial charge in [-0.2, -0.15) is 5.26 Å². The summed E-state index contributed by atoms with van der Waals surface area (Å²) in [5.41, 5.74) is 7.02. The van der Waals surface area contributed by atoms with Gasteiger partial charge in [0, 0.05) is 19.0 Å². The molecular formula is C15H20N4O. The zero-order chi connectivity index (χ0) is 14.5. The monoisotopic (exact) mass is 272 g/mol. The molecule has 1 aliphatic rings. The number of para-hydroxylation sites is 2. The van der Waals surface area contributed by atoms with Gasteiger partial charge in [-0.15, -0.1) is 0 Å². The van der Waals surface area contributed by atoms with Crippen LogP contribution in [0.25, 0.3) is 0 Å². The molecule has 0 heterocycles. The Labute approximate surface area is 119 Å². The lowest BCUT2D eigenvalue weighted by Crippen LogP contribution is -2.43. The SMILES string of the molecule is CC(C(=O)Nc1ccccc1N)N(CCC#N)C1CC1. The quantitative estimate of drug-likeness (QED) is 0.776. The fourth-order valence-electron chi connectivity index (χ4n) is 2.28. The van der Waals surface area contributed by atoms with E-state index in [1.165, 1.54) is 0 Å². The van der Waals surface area contributed by atoms with E-state index in [1.54, 1.807) is 12.1 Å². The van der Waals surface area contributed by atoms with Gasteiger partial charge in [-0.3, -0.25) is 9.69 Å². The second kappa shape index (κ2) is 6.40. The van der Waals surface area contributed by atoms with Crippen LogP contribution in [0.1, 0.15) is 26.2 Å². The van der Waals surface area contributed by atoms with Crippen molar-refractivity contribution in [2.45, 2.75) is 38.3 Å². The van der Waals surface area contributed by atoms with Crippen LogP contribution in [0, 0.1) is 11.3 Å². The van der Waals surface area contributed by atoms with Crippen molar-refractivity contribution in [3.05, 3.63) is 24.3 Å². The molecule has 3 N–H and O–H groups in total. The molecule has 1 aromatic rings. The third-order valence-corrected chi connectivity index (χ3v) is 3.59. The van der Waals surface area contributed by atoms with Crippen molar-refractivity contribution >= 4 is 17.3 Å². The molecule has 0 bridgehead atoms. The van der Waals surface area contributed by atoms with Gasteiger partial charge in [-0.25, -0.2) is 0 Å². The summed E-state index contributed by atoms with van der Waals surface area (Å²) in [4.78, 5) is 14.4. The first-order valence-electron chi connectivity index (χ1n) is 6.91. The molecule has 0 saturated heterocycles. The van der Waals surface area contributed by atoms with E-state index >= 15 is 0 Å². The van der Waals surface area contributed by atoms with Crippen molar-refractivity contribution in [3.8, 4) is 6.07 Å². The predicted octanol–water partition coefficient (Wildman–Crippen LogP) is 1.97. The first-order chi connectivity index (χ1) is 9.63. The summed E-state index contributed by atoms with van der Waals surface area (Å²) < 4.78 is 0. The highest BCUT2D eigenvalue weighted by atomic mass is 16.2. The van der Waals surface area contributed by atoms with E-state index < -0.39 is 0 Å². The summed E-state index contributed by atoms with van der Waals surface area (Å²) in [7, 11) is 0. The van der Waals surface area contributed by atoms with E-state index in [2.05, 4.69) is 16.3 Å². The number of rotatable bonds is 6. The molecule has 0 aromatic heterocycles. The Kier molecular flexibility index (Phi) is 4.59.